The second-order valence-electron chi connectivity index (χ2n) is 10.8. The summed E-state index contributed by atoms with van der Waals surface area (Å²) >= 11 is 0. The summed E-state index contributed by atoms with van der Waals surface area (Å²) in [5, 5.41) is 4.16. The Labute approximate surface area is 221 Å². The molecule has 1 saturated heterocycles. The van der Waals surface area contributed by atoms with Gasteiger partial charge in [0.1, 0.15) is 29.5 Å². The van der Waals surface area contributed by atoms with E-state index < -0.39 is 5.60 Å². The van der Waals surface area contributed by atoms with Crippen molar-refractivity contribution in [3.63, 3.8) is 0 Å². The van der Waals surface area contributed by atoms with Gasteiger partial charge in [-0.2, -0.15) is 0 Å². The third-order valence-electron chi connectivity index (χ3n) is 7.03. The molecular weight excluding hydrogens is 484 g/mol. The van der Waals surface area contributed by atoms with Gasteiger partial charge in [-0.05, 0) is 58.9 Å². The zero-order valence-electron chi connectivity index (χ0n) is 22.4. The first-order valence-electron chi connectivity index (χ1n) is 13.0. The van der Waals surface area contributed by atoms with Crippen molar-refractivity contribution in [1.29, 1.82) is 0 Å². The van der Waals surface area contributed by atoms with Crippen molar-refractivity contribution in [2.45, 2.75) is 46.3 Å². The lowest BCUT2D eigenvalue weighted by Crippen LogP contribution is -2.51. The first-order valence-corrected chi connectivity index (χ1v) is 13.0. The van der Waals surface area contributed by atoms with Gasteiger partial charge in [0.25, 0.3) is 0 Å². The van der Waals surface area contributed by atoms with E-state index >= 15 is 0 Å². The third kappa shape index (κ3) is 4.13. The van der Waals surface area contributed by atoms with Crippen LogP contribution in [0.2, 0.25) is 0 Å². The van der Waals surface area contributed by atoms with Crippen LogP contribution < -0.4 is 9.64 Å². The second kappa shape index (κ2) is 9.04. The lowest BCUT2D eigenvalue weighted by atomic mass is 10.0. The van der Waals surface area contributed by atoms with Crippen LogP contribution in [0.15, 0.2) is 41.1 Å². The maximum absolute atomic E-state index is 12.6. The molecule has 10 heteroatoms. The summed E-state index contributed by atoms with van der Waals surface area (Å²) in [6.07, 6.45) is 1.52. The van der Waals surface area contributed by atoms with E-state index in [9.17, 15) is 4.79 Å². The highest BCUT2D eigenvalue weighted by Gasteiger charge is 2.35. The Morgan fingerprint density at radius 3 is 2.53 bits per heavy atom. The molecule has 2 aliphatic rings. The molecule has 0 radical (unpaired) electrons. The predicted octanol–water partition coefficient (Wildman–Crippen LogP) is 4.74. The van der Waals surface area contributed by atoms with Gasteiger partial charge in [-0.3, -0.25) is 9.55 Å². The molecule has 198 valence electrons. The number of imidazole rings is 1. The normalized spacial score (nSPS) is 17.6. The van der Waals surface area contributed by atoms with Gasteiger partial charge in [0.15, 0.2) is 5.75 Å². The molecule has 6 rings (SSSR count). The average molecular weight is 517 g/mol. The molecule has 0 saturated carbocycles. The number of piperazine rings is 1. The van der Waals surface area contributed by atoms with Crippen LogP contribution in [0.1, 0.15) is 44.0 Å². The highest BCUT2D eigenvalue weighted by Crippen LogP contribution is 2.45. The Morgan fingerprint density at radius 1 is 1.08 bits per heavy atom. The number of ether oxygens (including phenoxy) is 2. The van der Waals surface area contributed by atoms with E-state index in [2.05, 4.69) is 19.6 Å². The summed E-state index contributed by atoms with van der Waals surface area (Å²) in [4.78, 5) is 26.4. The molecule has 1 atom stereocenters. The van der Waals surface area contributed by atoms with E-state index in [4.69, 9.17) is 19.0 Å². The molecule has 2 aliphatic heterocycles. The smallest absolute Gasteiger partial charge is 0.410 e. The van der Waals surface area contributed by atoms with E-state index in [1.54, 1.807) is 11.1 Å². The molecule has 1 aromatic carbocycles. The summed E-state index contributed by atoms with van der Waals surface area (Å²) in [5.41, 5.74) is 4.86. The summed E-state index contributed by atoms with van der Waals surface area (Å²) in [6, 6.07) is 9.84. The minimum absolute atomic E-state index is 0.146. The molecule has 0 aliphatic carbocycles. The minimum atomic E-state index is -0.523. The molecule has 1 fully saturated rings. The van der Waals surface area contributed by atoms with Crippen molar-refractivity contribution in [1.82, 2.24) is 24.6 Å². The number of benzene rings is 1. The maximum atomic E-state index is 12.6. The number of aromatic nitrogens is 4. The summed E-state index contributed by atoms with van der Waals surface area (Å²) in [7, 11) is 0. The number of hydrogen-bond donors (Lipinski definition) is 0. The van der Waals surface area contributed by atoms with Crippen LogP contribution in [0.25, 0.3) is 22.2 Å². The average Bonchev–Trinajstić information content (AvgIpc) is 3.45. The third-order valence-corrected chi connectivity index (χ3v) is 7.03. The van der Waals surface area contributed by atoms with E-state index in [1.807, 2.05) is 65.0 Å². The Morgan fingerprint density at radius 2 is 1.87 bits per heavy atom. The first-order chi connectivity index (χ1) is 18.2. The number of amides is 1. The molecule has 38 heavy (non-hydrogen) atoms. The van der Waals surface area contributed by atoms with Crippen LogP contribution in [0, 0.1) is 13.8 Å². The quantitative estimate of drug-likeness (QED) is 0.385. The summed E-state index contributed by atoms with van der Waals surface area (Å²) in [6.45, 7) is 12.3. The fourth-order valence-corrected chi connectivity index (χ4v) is 5.32. The molecule has 5 heterocycles. The Bertz CT molecular complexity index is 1480. The lowest BCUT2D eigenvalue weighted by molar-refractivity contribution is 0.0240. The van der Waals surface area contributed by atoms with Gasteiger partial charge in [-0.15, -0.1) is 0 Å². The van der Waals surface area contributed by atoms with Crippen molar-refractivity contribution in [3.8, 4) is 16.9 Å². The number of aryl methyl sites for hydroxylation is 2. The molecule has 0 bridgehead atoms. The van der Waals surface area contributed by atoms with Gasteiger partial charge in [-0.25, -0.2) is 9.78 Å². The van der Waals surface area contributed by atoms with Crippen LogP contribution in [-0.2, 0) is 4.74 Å². The Balaban J connectivity index is 1.42. The number of rotatable bonds is 3. The monoisotopic (exact) mass is 516 g/mol. The number of anilines is 1. The summed E-state index contributed by atoms with van der Waals surface area (Å²) < 4.78 is 19.8. The van der Waals surface area contributed by atoms with E-state index in [0.717, 1.165) is 51.0 Å². The van der Waals surface area contributed by atoms with Crippen molar-refractivity contribution >= 4 is 23.1 Å². The highest BCUT2D eigenvalue weighted by atomic mass is 16.6. The van der Waals surface area contributed by atoms with Crippen molar-refractivity contribution in [2.24, 2.45) is 0 Å². The van der Waals surface area contributed by atoms with Crippen LogP contribution >= 0.6 is 0 Å². The lowest BCUT2D eigenvalue weighted by Gasteiger charge is -2.37. The largest absolute Gasteiger partial charge is 0.488 e. The zero-order valence-corrected chi connectivity index (χ0v) is 22.4. The molecule has 0 N–H and O–H groups in total. The molecular formula is C28H32N6O4. The van der Waals surface area contributed by atoms with Gasteiger partial charge in [0.05, 0.1) is 22.5 Å². The Kier molecular flexibility index (Phi) is 5.77. The fourth-order valence-electron chi connectivity index (χ4n) is 5.32. The van der Waals surface area contributed by atoms with E-state index in [1.165, 1.54) is 0 Å². The fraction of sp³-hybridized carbons (Fsp3) is 0.429. The molecule has 0 unspecified atom stereocenters. The number of carbonyl (C=O) groups excluding carboxylic acids is 1. The van der Waals surface area contributed by atoms with E-state index in [0.29, 0.717) is 32.8 Å². The first kappa shape index (κ1) is 24.3. The standard InChI is InChI=1S/C28H32N6O4/c1-17-23(18(2)38-31-17)19-9-10-21-24-25(19)36-16-22(20-8-6-7-11-29-20)34(24)26(30-21)32-12-14-33(15-13-32)27(35)37-28(3,4)5/h6-11,22H,12-16H2,1-5H3/t22-/m1/s1. The summed E-state index contributed by atoms with van der Waals surface area (Å²) in [5.74, 6) is 2.37. The topological polar surface area (TPSA) is 98.8 Å². The van der Waals surface area contributed by atoms with Gasteiger partial charge >= 0.3 is 6.09 Å². The van der Waals surface area contributed by atoms with Crippen LogP contribution in [0.4, 0.5) is 10.7 Å². The number of carbonyl (C=O) groups is 1. The molecule has 3 aromatic heterocycles. The molecule has 1 amide bonds. The van der Waals surface area contributed by atoms with Crippen LogP contribution in [0.5, 0.6) is 5.75 Å². The second-order valence-corrected chi connectivity index (χ2v) is 10.8. The SMILES string of the molecule is Cc1noc(C)c1-c1ccc2nc(N3CCN(C(=O)OC(C)(C)C)CC3)n3c2c1OC[C@@H]3c1ccccn1. The van der Waals surface area contributed by atoms with Crippen molar-refractivity contribution < 1.29 is 18.8 Å². The molecule has 10 nitrogen and oxygen atoms in total. The van der Waals surface area contributed by atoms with Gasteiger partial charge in [0, 0.05) is 37.9 Å². The van der Waals surface area contributed by atoms with Gasteiger partial charge in [-0.1, -0.05) is 11.2 Å². The molecule has 0 spiro atoms. The Hall–Kier alpha value is -4.08. The minimum Gasteiger partial charge on any atom is -0.488 e. The number of pyridine rings is 1. The van der Waals surface area contributed by atoms with Crippen molar-refractivity contribution in [2.75, 3.05) is 37.7 Å². The maximum Gasteiger partial charge on any atom is 0.410 e. The van der Waals surface area contributed by atoms with Crippen LogP contribution in [0.3, 0.4) is 0 Å². The van der Waals surface area contributed by atoms with Gasteiger partial charge < -0.3 is 23.8 Å². The highest BCUT2D eigenvalue weighted by molar-refractivity contribution is 5.94. The number of nitrogens with zero attached hydrogens (tertiary/aromatic N) is 6. The van der Waals surface area contributed by atoms with Crippen molar-refractivity contribution in [3.05, 3.63) is 53.7 Å². The molecule has 4 aromatic rings. The number of hydrogen-bond acceptors (Lipinski definition) is 8. The van der Waals surface area contributed by atoms with Crippen LogP contribution in [-0.4, -0.2) is 69.1 Å². The van der Waals surface area contributed by atoms with E-state index in [-0.39, 0.29) is 12.1 Å². The predicted molar refractivity (Wildman–Crippen MR) is 143 cm³/mol. The van der Waals surface area contributed by atoms with Gasteiger partial charge in [0.2, 0.25) is 5.95 Å². The zero-order chi connectivity index (χ0) is 26.6.